The summed E-state index contributed by atoms with van der Waals surface area (Å²) in [6.45, 7) is 0. The second-order valence-electron chi connectivity index (χ2n) is 2.31. The summed E-state index contributed by atoms with van der Waals surface area (Å²) in [6, 6.07) is 9.48. The molecule has 3 heteroatoms. The molecule has 0 N–H and O–H groups in total. The molecular formula is C10H8ClOS. The van der Waals surface area contributed by atoms with Crippen LogP contribution >= 0.6 is 23.4 Å². The predicted molar refractivity (Wildman–Crippen MR) is 57.5 cm³/mol. The highest BCUT2D eigenvalue weighted by molar-refractivity contribution is 8.02. The number of rotatable bonds is 4. The van der Waals surface area contributed by atoms with E-state index in [9.17, 15) is 4.79 Å². The molecule has 0 aliphatic carbocycles. The largest absolute Gasteiger partial charge is 0.289 e. The van der Waals surface area contributed by atoms with E-state index in [1.165, 1.54) is 17.3 Å². The number of benzene rings is 1. The average molecular weight is 212 g/mol. The van der Waals surface area contributed by atoms with E-state index in [4.69, 9.17) is 11.6 Å². The Balaban J connectivity index is 2.72. The highest BCUT2D eigenvalue weighted by atomic mass is 35.5. The summed E-state index contributed by atoms with van der Waals surface area (Å²) in [7, 11) is 0. The maximum Gasteiger partial charge on any atom is 0.217 e. The zero-order chi connectivity index (χ0) is 9.52. The molecule has 1 unspecified atom stereocenters. The van der Waals surface area contributed by atoms with E-state index in [1.54, 1.807) is 5.41 Å². The molecule has 1 rings (SSSR count). The van der Waals surface area contributed by atoms with Crippen molar-refractivity contribution in [1.29, 1.82) is 0 Å². The quantitative estimate of drug-likeness (QED) is 0.761. The highest BCUT2D eigenvalue weighted by Gasteiger charge is 2.08. The van der Waals surface area contributed by atoms with Gasteiger partial charge in [-0.1, -0.05) is 41.9 Å². The van der Waals surface area contributed by atoms with Crippen molar-refractivity contribution in [2.24, 2.45) is 0 Å². The number of thioether (sulfide) groups is 1. The van der Waals surface area contributed by atoms with Crippen molar-refractivity contribution in [3.05, 3.63) is 46.8 Å². The van der Waals surface area contributed by atoms with Crippen molar-refractivity contribution in [2.75, 3.05) is 0 Å². The maximum absolute atomic E-state index is 10.6. The third-order valence-electron chi connectivity index (χ3n) is 1.48. The normalized spacial score (nSPS) is 13.0. The fraction of sp³-hybridized carbons (Fsp3) is 0.100. The molecule has 0 heterocycles. The van der Waals surface area contributed by atoms with Gasteiger partial charge >= 0.3 is 0 Å². The number of carbonyl (C=O) groups excluding carboxylic acids is 1. The van der Waals surface area contributed by atoms with Crippen LogP contribution < -0.4 is 0 Å². The lowest BCUT2D eigenvalue weighted by molar-refractivity contribution is 0.554. The molecule has 1 nitrogen and oxygen atoms in total. The molecule has 1 aromatic carbocycles. The van der Waals surface area contributed by atoms with Gasteiger partial charge in [0.15, 0.2) is 0 Å². The van der Waals surface area contributed by atoms with Crippen LogP contribution in [0.1, 0.15) is 10.8 Å². The van der Waals surface area contributed by atoms with Crippen LogP contribution in [0.3, 0.4) is 0 Å². The van der Waals surface area contributed by atoms with Crippen LogP contribution in [0.15, 0.2) is 41.3 Å². The lowest BCUT2D eigenvalue weighted by Gasteiger charge is -2.04. The standard InChI is InChI=1S/C10H8ClOS/c11-6-7-13-10(8-12)9-4-2-1-3-5-9/h1-7,10H/b7-6+. The van der Waals surface area contributed by atoms with Crippen LogP contribution in [0.25, 0.3) is 0 Å². The number of hydrogen-bond donors (Lipinski definition) is 0. The second kappa shape index (κ2) is 5.84. The average Bonchev–Trinajstić information content (AvgIpc) is 2.21. The van der Waals surface area contributed by atoms with E-state index >= 15 is 0 Å². The van der Waals surface area contributed by atoms with Gasteiger partial charge in [0.1, 0.15) is 5.25 Å². The smallest absolute Gasteiger partial charge is 0.217 e. The summed E-state index contributed by atoms with van der Waals surface area (Å²) in [4.78, 5) is 10.6. The van der Waals surface area contributed by atoms with Gasteiger partial charge < -0.3 is 0 Å². The molecule has 0 amide bonds. The summed E-state index contributed by atoms with van der Waals surface area (Å²) < 4.78 is 0. The Labute approximate surface area is 86.8 Å². The van der Waals surface area contributed by atoms with Crippen LogP contribution in [0, 0.1) is 0 Å². The van der Waals surface area contributed by atoms with Crippen molar-refractivity contribution < 1.29 is 4.79 Å². The van der Waals surface area contributed by atoms with Gasteiger partial charge in [-0.15, -0.1) is 11.8 Å². The summed E-state index contributed by atoms with van der Waals surface area (Å²) >= 11 is 6.70. The first-order valence-electron chi connectivity index (χ1n) is 3.72. The van der Waals surface area contributed by atoms with Gasteiger partial charge in [0.05, 0.1) is 0 Å². The zero-order valence-electron chi connectivity index (χ0n) is 6.81. The van der Waals surface area contributed by atoms with Crippen molar-refractivity contribution in [2.45, 2.75) is 5.25 Å². The van der Waals surface area contributed by atoms with E-state index in [2.05, 4.69) is 0 Å². The Hall–Kier alpha value is -0.730. The first kappa shape index (κ1) is 10.4. The topological polar surface area (TPSA) is 17.1 Å². The monoisotopic (exact) mass is 211 g/mol. The van der Waals surface area contributed by atoms with E-state index < -0.39 is 0 Å². The molecule has 0 spiro atoms. The fourth-order valence-electron chi connectivity index (χ4n) is 0.910. The first-order valence-corrected chi connectivity index (χ1v) is 5.09. The summed E-state index contributed by atoms with van der Waals surface area (Å²) in [5.74, 6) is 0. The molecule has 0 aromatic heterocycles. The fourth-order valence-corrected chi connectivity index (χ4v) is 1.68. The van der Waals surface area contributed by atoms with E-state index in [-0.39, 0.29) is 5.25 Å². The van der Waals surface area contributed by atoms with Crippen molar-refractivity contribution >= 4 is 29.6 Å². The molecule has 0 saturated heterocycles. The molecule has 13 heavy (non-hydrogen) atoms. The Morgan fingerprint density at radius 1 is 1.38 bits per heavy atom. The van der Waals surface area contributed by atoms with Crippen LogP contribution in [0.5, 0.6) is 0 Å². The predicted octanol–water partition coefficient (Wildman–Crippen LogP) is 3.28. The summed E-state index contributed by atoms with van der Waals surface area (Å²) in [5, 5.41) is 1.39. The van der Waals surface area contributed by atoms with E-state index in [0.29, 0.717) is 0 Å². The Bertz CT molecular complexity index is 284. The number of halogens is 1. The first-order chi connectivity index (χ1) is 6.38. The SMILES string of the molecule is O=[C]C(S/C=C/Cl)c1ccccc1. The molecule has 0 bridgehead atoms. The van der Waals surface area contributed by atoms with Gasteiger partial charge in [-0.25, -0.2) is 0 Å². The molecule has 67 valence electrons. The third kappa shape index (κ3) is 3.25. The zero-order valence-corrected chi connectivity index (χ0v) is 8.39. The Morgan fingerprint density at radius 2 is 2.08 bits per heavy atom. The molecule has 1 radical (unpaired) electrons. The van der Waals surface area contributed by atoms with Gasteiger partial charge in [-0.3, -0.25) is 4.79 Å². The minimum Gasteiger partial charge on any atom is -0.289 e. The molecule has 0 aliphatic heterocycles. The molecular weight excluding hydrogens is 204 g/mol. The summed E-state index contributed by atoms with van der Waals surface area (Å²) in [5.41, 5.74) is 2.33. The van der Waals surface area contributed by atoms with Gasteiger partial charge in [0.2, 0.25) is 6.29 Å². The van der Waals surface area contributed by atoms with Gasteiger partial charge in [-0.05, 0) is 11.0 Å². The van der Waals surface area contributed by atoms with Gasteiger partial charge in [0.25, 0.3) is 0 Å². The second-order valence-corrected chi connectivity index (χ2v) is 3.57. The van der Waals surface area contributed by atoms with Crippen LogP contribution in [0.4, 0.5) is 0 Å². The summed E-state index contributed by atoms with van der Waals surface area (Å²) in [6.07, 6.45) is 1.96. The Kier molecular flexibility index (Phi) is 4.65. The minimum absolute atomic E-state index is 0.281. The van der Waals surface area contributed by atoms with Crippen LogP contribution in [-0.2, 0) is 4.79 Å². The maximum atomic E-state index is 10.6. The van der Waals surface area contributed by atoms with E-state index in [1.807, 2.05) is 36.6 Å². The van der Waals surface area contributed by atoms with Crippen LogP contribution in [-0.4, -0.2) is 6.29 Å². The molecule has 1 atom stereocenters. The molecule has 0 fully saturated rings. The Morgan fingerprint density at radius 3 is 2.62 bits per heavy atom. The lowest BCUT2D eigenvalue weighted by Crippen LogP contribution is -1.92. The van der Waals surface area contributed by atoms with E-state index in [0.717, 1.165) is 5.56 Å². The van der Waals surface area contributed by atoms with Crippen molar-refractivity contribution in [3.63, 3.8) is 0 Å². The third-order valence-corrected chi connectivity index (χ3v) is 2.68. The van der Waals surface area contributed by atoms with Gasteiger partial charge in [0, 0.05) is 5.54 Å². The molecule has 1 aromatic rings. The van der Waals surface area contributed by atoms with Crippen molar-refractivity contribution in [3.8, 4) is 0 Å². The molecule has 0 aliphatic rings. The number of hydrogen-bond acceptors (Lipinski definition) is 2. The van der Waals surface area contributed by atoms with Gasteiger partial charge in [-0.2, -0.15) is 0 Å². The lowest BCUT2D eigenvalue weighted by atomic mass is 10.2. The van der Waals surface area contributed by atoms with Crippen molar-refractivity contribution in [1.82, 2.24) is 0 Å². The highest BCUT2D eigenvalue weighted by Crippen LogP contribution is 2.27. The molecule has 0 saturated carbocycles. The van der Waals surface area contributed by atoms with Crippen LogP contribution in [0.2, 0.25) is 0 Å². The minimum atomic E-state index is -0.281.